The van der Waals surface area contributed by atoms with E-state index in [-0.39, 0.29) is 0 Å². The van der Waals surface area contributed by atoms with Crippen LogP contribution in [0.15, 0.2) is 54.6 Å². The van der Waals surface area contributed by atoms with Crippen molar-refractivity contribution in [3.05, 3.63) is 54.6 Å². The molecule has 0 amide bonds. The number of ether oxygens (including phenoxy) is 2. The molecular formula is C20H23NO2. The maximum absolute atomic E-state index is 6.25. The van der Waals surface area contributed by atoms with Crippen LogP contribution in [0.5, 0.6) is 17.2 Å². The van der Waals surface area contributed by atoms with E-state index < -0.39 is 0 Å². The lowest BCUT2D eigenvalue weighted by Crippen LogP contribution is -2.51. The summed E-state index contributed by atoms with van der Waals surface area (Å²) in [6.07, 6.45) is 6.47. The Hall–Kier alpha value is -2.00. The number of nitrogens with one attached hydrogen (secondary N) is 1. The van der Waals surface area contributed by atoms with E-state index in [1.807, 2.05) is 54.6 Å². The summed E-state index contributed by atoms with van der Waals surface area (Å²) in [5, 5.41) is 3.71. The van der Waals surface area contributed by atoms with Gasteiger partial charge >= 0.3 is 0 Å². The molecule has 2 aromatic carbocycles. The normalized spacial score (nSPS) is 26.5. The number of para-hydroxylation sites is 1. The van der Waals surface area contributed by atoms with Crippen molar-refractivity contribution in [2.45, 2.75) is 50.3 Å². The average molecular weight is 309 g/mol. The van der Waals surface area contributed by atoms with E-state index in [1.54, 1.807) is 0 Å². The van der Waals surface area contributed by atoms with E-state index >= 15 is 0 Å². The molecule has 2 saturated heterocycles. The fourth-order valence-electron chi connectivity index (χ4n) is 3.74. The zero-order chi connectivity index (χ0) is 15.5. The molecule has 3 nitrogen and oxygen atoms in total. The predicted molar refractivity (Wildman–Crippen MR) is 91.2 cm³/mol. The van der Waals surface area contributed by atoms with Gasteiger partial charge in [-0.1, -0.05) is 30.7 Å². The van der Waals surface area contributed by atoms with Crippen LogP contribution in [0.4, 0.5) is 0 Å². The number of rotatable bonds is 4. The highest BCUT2D eigenvalue weighted by atomic mass is 16.5. The standard InChI is InChI=1S/C20H23NO2/c1-2-8-17(9-3-1)22-18-10-5-11-19(14-18)23-20-12-15-6-4-7-16(13-20)21-15/h1-3,5,8-11,14-16,20-21H,4,6-7,12-13H2/t15-,16+,20?. The van der Waals surface area contributed by atoms with Crippen molar-refractivity contribution >= 4 is 0 Å². The van der Waals surface area contributed by atoms with Crippen LogP contribution in [0.25, 0.3) is 0 Å². The van der Waals surface area contributed by atoms with E-state index in [0.29, 0.717) is 18.2 Å². The molecule has 4 rings (SSSR count). The molecule has 2 aliphatic rings. The van der Waals surface area contributed by atoms with Gasteiger partial charge in [0.05, 0.1) is 0 Å². The molecule has 2 aliphatic heterocycles. The van der Waals surface area contributed by atoms with Crippen LogP contribution in [0.2, 0.25) is 0 Å². The first-order valence-corrected chi connectivity index (χ1v) is 8.61. The minimum atomic E-state index is 0.318. The molecule has 23 heavy (non-hydrogen) atoms. The zero-order valence-corrected chi connectivity index (χ0v) is 13.3. The van der Waals surface area contributed by atoms with Gasteiger partial charge in [0.25, 0.3) is 0 Å². The van der Waals surface area contributed by atoms with Gasteiger partial charge in [0.1, 0.15) is 23.4 Å². The summed E-state index contributed by atoms with van der Waals surface area (Å²) in [6.45, 7) is 0. The van der Waals surface area contributed by atoms with Crippen molar-refractivity contribution in [1.82, 2.24) is 5.32 Å². The predicted octanol–water partition coefficient (Wildman–Crippen LogP) is 4.53. The lowest BCUT2D eigenvalue weighted by atomic mass is 9.85. The Labute approximate surface area is 137 Å². The average Bonchev–Trinajstić information content (AvgIpc) is 2.56. The van der Waals surface area contributed by atoms with Crippen molar-refractivity contribution in [2.75, 3.05) is 0 Å². The molecule has 1 N–H and O–H groups in total. The third-order valence-electron chi connectivity index (χ3n) is 4.76. The van der Waals surface area contributed by atoms with Gasteiger partial charge in [0.15, 0.2) is 0 Å². The van der Waals surface area contributed by atoms with Crippen LogP contribution in [0.3, 0.4) is 0 Å². The zero-order valence-electron chi connectivity index (χ0n) is 13.3. The van der Waals surface area contributed by atoms with E-state index in [0.717, 1.165) is 30.1 Å². The molecule has 2 bridgehead atoms. The summed E-state index contributed by atoms with van der Waals surface area (Å²) in [5.41, 5.74) is 0. The minimum Gasteiger partial charge on any atom is -0.490 e. The fraction of sp³-hybridized carbons (Fsp3) is 0.400. The molecule has 2 aromatic rings. The molecule has 0 aromatic heterocycles. The van der Waals surface area contributed by atoms with Crippen molar-refractivity contribution in [3.63, 3.8) is 0 Å². The van der Waals surface area contributed by atoms with Crippen LogP contribution in [-0.2, 0) is 0 Å². The molecule has 1 unspecified atom stereocenters. The van der Waals surface area contributed by atoms with Gasteiger partial charge in [-0.05, 0) is 49.9 Å². The second-order valence-electron chi connectivity index (χ2n) is 6.59. The summed E-state index contributed by atoms with van der Waals surface area (Å²) in [4.78, 5) is 0. The van der Waals surface area contributed by atoms with E-state index in [1.165, 1.54) is 19.3 Å². The van der Waals surface area contributed by atoms with Gasteiger partial charge in [0, 0.05) is 18.2 Å². The Morgan fingerprint density at radius 3 is 2.26 bits per heavy atom. The van der Waals surface area contributed by atoms with Crippen LogP contribution < -0.4 is 14.8 Å². The molecule has 0 saturated carbocycles. The van der Waals surface area contributed by atoms with E-state index in [9.17, 15) is 0 Å². The number of fused-ring (bicyclic) bond motifs is 2. The maximum Gasteiger partial charge on any atom is 0.131 e. The monoisotopic (exact) mass is 309 g/mol. The summed E-state index contributed by atoms with van der Waals surface area (Å²) >= 11 is 0. The summed E-state index contributed by atoms with van der Waals surface area (Å²) in [5.74, 6) is 2.58. The molecular weight excluding hydrogens is 286 g/mol. The van der Waals surface area contributed by atoms with Crippen LogP contribution >= 0.6 is 0 Å². The molecule has 3 atom stereocenters. The lowest BCUT2D eigenvalue weighted by molar-refractivity contribution is 0.0926. The summed E-state index contributed by atoms with van der Waals surface area (Å²) in [7, 11) is 0. The van der Waals surface area contributed by atoms with Gasteiger partial charge in [-0.3, -0.25) is 0 Å². The van der Waals surface area contributed by atoms with Crippen molar-refractivity contribution in [1.29, 1.82) is 0 Å². The third kappa shape index (κ3) is 3.67. The molecule has 3 heteroatoms. The van der Waals surface area contributed by atoms with E-state index in [4.69, 9.17) is 9.47 Å². The van der Waals surface area contributed by atoms with Gasteiger partial charge in [-0.15, -0.1) is 0 Å². The molecule has 120 valence electrons. The first-order valence-electron chi connectivity index (χ1n) is 8.61. The van der Waals surface area contributed by atoms with E-state index in [2.05, 4.69) is 5.32 Å². The first-order chi connectivity index (χ1) is 11.3. The molecule has 2 fully saturated rings. The Morgan fingerprint density at radius 2 is 1.48 bits per heavy atom. The van der Waals surface area contributed by atoms with Crippen molar-refractivity contribution < 1.29 is 9.47 Å². The highest BCUT2D eigenvalue weighted by Crippen LogP contribution is 2.30. The maximum atomic E-state index is 6.25. The molecule has 2 heterocycles. The quantitative estimate of drug-likeness (QED) is 0.900. The van der Waals surface area contributed by atoms with Gasteiger partial charge in [-0.2, -0.15) is 0 Å². The number of hydrogen-bond acceptors (Lipinski definition) is 3. The topological polar surface area (TPSA) is 30.5 Å². The smallest absolute Gasteiger partial charge is 0.131 e. The first kappa shape index (κ1) is 14.6. The Bertz CT molecular complexity index is 631. The van der Waals surface area contributed by atoms with Gasteiger partial charge in [0.2, 0.25) is 0 Å². The van der Waals surface area contributed by atoms with Gasteiger partial charge in [-0.25, -0.2) is 0 Å². The molecule has 0 aliphatic carbocycles. The Kier molecular flexibility index (Phi) is 4.20. The van der Waals surface area contributed by atoms with Crippen molar-refractivity contribution in [3.8, 4) is 17.2 Å². The summed E-state index contributed by atoms with van der Waals surface area (Å²) in [6, 6.07) is 19.1. The largest absolute Gasteiger partial charge is 0.490 e. The highest BCUT2D eigenvalue weighted by Gasteiger charge is 2.32. The summed E-state index contributed by atoms with van der Waals surface area (Å²) < 4.78 is 12.1. The van der Waals surface area contributed by atoms with Crippen LogP contribution in [-0.4, -0.2) is 18.2 Å². The number of benzene rings is 2. The number of hydrogen-bond donors (Lipinski definition) is 1. The Morgan fingerprint density at radius 1 is 0.783 bits per heavy atom. The minimum absolute atomic E-state index is 0.318. The second kappa shape index (κ2) is 6.63. The van der Waals surface area contributed by atoms with Crippen LogP contribution in [0, 0.1) is 0 Å². The number of piperidine rings is 2. The lowest BCUT2D eigenvalue weighted by Gasteiger charge is -2.40. The molecule has 0 radical (unpaired) electrons. The molecule has 0 spiro atoms. The van der Waals surface area contributed by atoms with Gasteiger partial charge < -0.3 is 14.8 Å². The highest BCUT2D eigenvalue weighted by molar-refractivity contribution is 5.36. The second-order valence-corrected chi connectivity index (χ2v) is 6.59. The fourth-order valence-corrected chi connectivity index (χ4v) is 3.74. The van der Waals surface area contributed by atoms with Crippen LogP contribution in [0.1, 0.15) is 32.1 Å². The third-order valence-corrected chi connectivity index (χ3v) is 4.76. The van der Waals surface area contributed by atoms with Crippen molar-refractivity contribution in [2.24, 2.45) is 0 Å². The Balaban J connectivity index is 1.42. The SMILES string of the molecule is c1ccc(Oc2cccc(OC3C[C@H]4CCC[C@@H](C3)N4)c2)cc1.